The summed E-state index contributed by atoms with van der Waals surface area (Å²) in [7, 11) is 1.60. The number of nitrogens with one attached hydrogen (secondary N) is 3. The predicted molar refractivity (Wildman–Crippen MR) is 112 cm³/mol. The van der Waals surface area contributed by atoms with Crippen LogP contribution in [0.1, 0.15) is 28.2 Å². The van der Waals surface area contributed by atoms with Crippen molar-refractivity contribution in [2.24, 2.45) is 0 Å². The van der Waals surface area contributed by atoms with Crippen LogP contribution in [0.2, 0.25) is 0 Å². The number of carbonyl (C=O) groups is 2. The zero-order valence-electron chi connectivity index (χ0n) is 15.6. The largest absolute Gasteiger partial charge is 0.496 e. The van der Waals surface area contributed by atoms with Crippen LogP contribution in [-0.4, -0.2) is 19.0 Å². The maximum absolute atomic E-state index is 12.5. The van der Waals surface area contributed by atoms with E-state index in [0.29, 0.717) is 15.6 Å². The summed E-state index contributed by atoms with van der Waals surface area (Å²) in [5.41, 5.74) is 1.59. The van der Waals surface area contributed by atoms with Crippen LogP contribution in [0.3, 0.4) is 0 Å². The molecule has 0 aliphatic rings. The average molecular weight is 395 g/mol. The third kappa shape index (κ3) is 4.89. The number of ether oxygens (including phenoxy) is 1. The fourth-order valence-corrected chi connectivity index (χ4v) is 3.50. The summed E-state index contributed by atoms with van der Waals surface area (Å²) in [6, 6.07) is 19.5. The van der Waals surface area contributed by atoms with Crippen molar-refractivity contribution in [2.75, 3.05) is 17.7 Å². The number of benzene rings is 2. The molecule has 0 bridgehead atoms. The Morgan fingerprint density at radius 1 is 0.929 bits per heavy atom. The van der Waals surface area contributed by atoms with Crippen LogP contribution in [0.15, 0.2) is 66.7 Å². The molecule has 3 N–H and O–H groups in total. The van der Waals surface area contributed by atoms with Gasteiger partial charge < -0.3 is 15.4 Å². The lowest BCUT2D eigenvalue weighted by Crippen LogP contribution is -2.26. The smallest absolute Gasteiger partial charge is 0.324 e. The van der Waals surface area contributed by atoms with Gasteiger partial charge in [0.25, 0.3) is 5.91 Å². The highest BCUT2D eigenvalue weighted by molar-refractivity contribution is 7.18. The summed E-state index contributed by atoms with van der Waals surface area (Å²) in [5.74, 6) is 0.515. The van der Waals surface area contributed by atoms with Gasteiger partial charge in [-0.15, -0.1) is 11.3 Å². The number of urea groups is 1. The minimum atomic E-state index is -0.359. The van der Waals surface area contributed by atoms with Gasteiger partial charge in [0, 0.05) is 11.3 Å². The summed E-state index contributed by atoms with van der Waals surface area (Å²) >= 11 is 1.21. The van der Waals surface area contributed by atoms with Crippen LogP contribution < -0.4 is 20.7 Å². The monoisotopic (exact) mass is 395 g/mol. The van der Waals surface area contributed by atoms with E-state index in [0.717, 1.165) is 11.3 Å². The number of thiophene rings is 1. The number of amides is 3. The summed E-state index contributed by atoms with van der Waals surface area (Å²) in [6.07, 6.45) is 0. The first kappa shape index (κ1) is 19.4. The van der Waals surface area contributed by atoms with Gasteiger partial charge in [-0.05, 0) is 37.3 Å². The molecule has 3 aromatic rings. The van der Waals surface area contributed by atoms with Crippen LogP contribution in [0.25, 0.3) is 0 Å². The molecular weight excluding hydrogens is 374 g/mol. The fourth-order valence-electron chi connectivity index (χ4n) is 2.69. The Balaban J connectivity index is 1.60. The number of anilines is 2. The van der Waals surface area contributed by atoms with Gasteiger partial charge in [0.1, 0.15) is 5.75 Å². The van der Waals surface area contributed by atoms with Gasteiger partial charge >= 0.3 is 6.03 Å². The highest BCUT2D eigenvalue weighted by Gasteiger charge is 2.16. The summed E-state index contributed by atoms with van der Waals surface area (Å²) < 4.78 is 5.35. The highest BCUT2D eigenvalue weighted by atomic mass is 32.1. The maximum Gasteiger partial charge on any atom is 0.324 e. The molecule has 0 spiro atoms. The summed E-state index contributed by atoms with van der Waals surface area (Å²) in [5, 5.41) is 9.02. The van der Waals surface area contributed by atoms with E-state index < -0.39 is 0 Å². The Labute approximate surface area is 167 Å². The second-order valence-electron chi connectivity index (χ2n) is 6.05. The van der Waals surface area contributed by atoms with Gasteiger partial charge in [-0.2, -0.15) is 0 Å². The SMILES string of the molecule is COc1ccccc1C(C)NC(=O)c1ccc(NC(=O)Nc2ccccc2)s1. The Hall–Kier alpha value is -3.32. The molecule has 1 aromatic heterocycles. The molecular formula is C21H21N3O3S. The molecule has 144 valence electrons. The van der Waals surface area contributed by atoms with Crippen molar-refractivity contribution in [2.45, 2.75) is 13.0 Å². The lowest BCUT2D eigenvalue weighted by Gasteiger charge is -2.16. The van der Waals surface area contributed by atoms with E-state index in [4.69, 9.17) is 4.74 Å². The van der Waals surface area contributed by atoms with E-state index >= 15 is 0 Å². The molecule has 0 saturated carbocycles. The number of carbonyl (C=O) groups excluding carboxylic acids is 2. The zero-order chi connectivity index (χ0) is 19.9. The molecule has 0 saturated heterocycles. The molecule has 0 aliphatic carbocycles. The van der Waals surface area contributed by atoms with Crippen molar-refractivity contribution in [1.29, 1.82) is 0 Å². The molecule has 1 atom stereocenters. The second-order valence-corrected chi connectivity index (χ2v) is 7.13. The third-order valence-corrected chi connectivity index (χ3v) is 5.05. The molecule has 0 aliphatic heterocycles. The predicted octanol–water partition coefficient (Wildman–Crippen LogP) is 4.89. The van der Waals surface area contributed by atoms with E-state index in [1.54, 1.807) is 31.4 Å². The molecule has 0 fully saturated rings. The van der Waals surface area contributed by atoms with Gasteiger partial charge in [-0.1, -0.05) is 36.4 Å². The van der Waals surface area contributed by atoms with Gasteiger partial charge in [0.2, 0.25) is 0 Å². The van der Waals surface area contributed by atoms with Crippen LogP contribution in [0, 0.1) is 0 Å². The normalized spacial score (nSPS) is 11.4. The minimum Gasteiger partial charge on any atom is -0.496 e. The van der Waals surface area contributed by atoms with Crippen molar-refractivity contribution in [3.05, 3.63) is 77.2 Å². The Bertz CT molecular complexity index is 956. The quantitative estimate of drug-likeness (QED) is 0.556. The maximum atomic E-state index is 12.5. The first-order valence-electron chi connectivity index (χ1n) is 8.73. The molecule has 1 heterocycles. The van der Waals surface area contributed by atoms with Crippen molar-refractivity contribution in [1.82, 2.24) is 5.32 Å². The Morgan fingerprint density at radius 3 is 2.39 bits per heavy atom. The van der Waals surface area contributed by atoms with Crippen molar-refractivity contribution < 1.29 is 14.3 Å². The standard InChI is InChI=1S/C21H21N3O3S/c1-14(16-10-6-7-11-17(16)27-2)22-20(25)18-12-13-19(28-18)24-21(26)23-15-8-4-3-5-9-15/h3-14H,1-2H3,(H,22,25)(H2,23,24,26). The fraction of sp³-hybridized carbons (Fsp3) is 0.143. The topological polar surface area (TPSA) is 79.5 Å². The van der Waals surface area contributed by atoms with Crippen molar-refractivity contribution >= 4 is 34.0 Å². The molecule has 2 aromatic carbocycles. The van der Waals surface area contributed by atoms with E-state index in [2.05, 4.69) is 16.0 Å². The van der Waals surface area contributed by atoms with Crippen molar-refractivity contribution in [3.8, 4) is 5.75 Å². The summed E-state index contributed by atoms with van der Waals surface area (Å²) in [6.45, 7) is 1.90. The van der Waals surface area contributed by atoms with E-state index in [1.165, 1.54) is 11.3 Å². The lowest BCUT2D eigenvalue weighted by atomic mass is 10.1. The first-order chi connectivity index (χ1) is 13.6. The molecule has 1 unspecified atom stereocenters. The molecule has 3 rings (SSSR count). The van der Waals surface area contributed by atoms with Crippen LogP contribution in [-0.2, 0) is 0 Å². The number of rotatable bonds is 6. The molecule has 3 amide bonds. The molecule has 0 radical (unpaired) electrons. The second kappa shape index (κ2) is 9.05. The van der Waals surface area contributed by atoms with Gasteiger partial charge in [0.05, 0.1) is 23.0 Å². The number of methoxy groups -OCH3 is 1. The number of hydrogen-bond acceptors (Lipinski definition) is 4. The van der Waals surface area contributed by atoms with Gasteiger partial charge in [0.15, 0.2) is 0 Å². The van der Waals surface area contributed by atoms with Crippen LogP contribution in [0.5, 0.6) is 5.75 Å². The van der Waals surface area contributed by atoms with Gasteiger partial charge in [-0.3, -0.25) is 10.1 Å². The Kier molecular flexibility index (Phi) is 6.29. The zero-order valence-corrected chi connectivity index (χ0v) is 16.4. The molecule has 28 heavy (non-hydrogen) atoms. The number of hydrogen-bond donors (Lipinski definition) is 3. The average Bonchev–Trinajstić information content (AvgIpc) is 3.17. The number of para-hydroxylation sites is 2. The van der Waals surface area contributed by atoms with E-state index in [-0.39, 0.29) is 18.0 Å². The Morgan fingerprint density at radius 2 is 1.64 bits per heavy atom. The molecule has 7 heteroatoms. The van der Waals surface area contributed by atoms with E-state index in [9.17, 15) is 9.59 Å². The van der Waals surface area contributed by atoms with Crippen LogP contribution in [0.4, 0.5) is 15.5 Å². The third-order valence-electron chi connectivity index (χ3n) is 4.05. The highest BCUT2D eigenvalue weighted by Crippen LogP contribution is 2.26. The lowest BCUT2D eigenvalue weighted by molar-refractivity contribution is 0.0943. The first-order valence-corrected chi connectivity index (χ1v) is 9.55. The summed E-state index contributed by atoms with van der Waals surface area (Å²) in [4.78, 5) is 25.1. The molecule has 6 nitrogen and oxygen atoms in total. The van der Waals surface area contributed by atoms with E-state index in [1.807, 2.05) is 49.4 Å². The van der Waals surface area contributed by atoms with Crippen molar-refractivity contribution in [3.63, 3.8) is 0 Å². The minimum absolute atomic E-state index is 0.208. The van der Waals surface area contributed by atoms with Crippen LogP contribution >= 0.6 is 11.3 Å². The van der Waals surface area contributed by atoms with Gasteiger partial charge in [-0.25, -0.2) is 4.79 Å².